The molecule has 0 aliphatic carbocycles. The first-order chi connectivity index (χ1) is 7.61. The predicted octanol–water partition coefficient (Wildman–Crippen LogP) is 1.28. The van der Waals surface area contributed by atoms with Gasteiger partial charge in [0.2, 0.25) is 5.78 Å². The summed E-state index contributed by atoms with van der Waals surface area (Å²) in [4.78, 5) is 12.0. The Morgan fingerprint density at radius 1 is 1.19 bits per heavy atom. The Bertz CT molecular complexity index is 511. The first-order valence-corrected chi connectivity index (χ1v) is 5.06. The Morgan fingerprint density at radius 2 is 1.81 bits per heavy atom. The minimum absolute atomic E-state index is 0.283. The van der Waals surface area contributed by atoms with Crippen LogP contribution in [-0.4, -0.2) is 20.0 Å². The van der Waals surface area contributed by atoms with Crippen LogP contribution in [0.15, 0.2) is 36.7 Å². The summed E-state index contributed by atoms with van der Waals surface area (Å²) in [6.07, 6.45) is 2.48. The van der Waals surface area contributed by atoms with Crippen LogP contribution in [0.25, 0.3) is 0 Å². The fourth-order valence-electron chi connectivity index (χ4n) is 1.75. The monoisotopic (exact) mass is 218 g/mol. The number of ketones is 1. The molecular formula is C12H14N2O2. The van der Waals surface area contributed by atoms with Gasteiger partial charge in [-0.05, 0) is 24.3 Å². The smallest absolute Gasteiger partial charge is 0.213 e. The van der Waals surface area contributed by atoms with E-state index in [0.717, 1.165) is 0 Å². The number of aliphatic hydroxyl groups excluding tert-OH is 1. The fraction of sp³-hybridized carbons (Fsp3) is 0.250. The molecule has 1 N–H and O–H groups in total. The maximum Gasteiger partial charge on any atom is 0.213 e. The van der Waals surface area contributed by atoms with Crippen LogP contribution in [0.3, 0.4) is 0 Å². The summed E-state index contributed by atoms with van der Waals surface area (Å²) in [6, 6.07) is 7.03. The van der Waals surface area contributed by atoms with Crippen LogP contribution in [0.1, 0.15) is 22.3 Å². The lowest BCUT2D eigenvalue weighted by atomic mass is 10.1. The van der Waals surface area contributed by atoms with Gasteiger partial charge in [-0.3, -0.25) is 4.79 Å². The molecule has 2 aromatic rings. The first-order valence-electron chi connectivity index (χ1n) is 5.06. The molecule has 0 bridgehead atoms. The summed E-state index contributed by atoms with van der Waals surface area (Å²) in [7, 11) is 3.59. The number of nitrogens with zero attached hydrogens (tertiary/aromatic N) is 2. The summed E-state index contributed by atoms with van der Waals surface area (Å²) in [5.74, 6) is -0.283. The second kappa shape index (κ2) is 3.98. The van der Waals surface area contributed by atoms with Crippen LogP contribution < -0.4 is 0 Å². The second-order valence-corrected chi connectivity index (χ2v) is 3.82. The molecule has 4 nitrogen and oxygen atoms in total. The van der Waals surface area contributed by atoms with Crippen molar-refractivity contribution >= 4 is 5.78 Å². The normalized spacial score (nSPS) is 12.7. The van der Waals surface area contributed by atoms with E-state index in [1.165, 1.54) is 0 Å². The molecule has 0 radical (unpaired) electrons. The van der Waals surface area contributed by atoms with E-state index in [2.05, 4.69) is 0 Å². The van der Waals surface area contributed by atoms with Crippen molar-refractivity contribution < 1.29 is 9.90 Å². The van der Waals surface area contributed by atoms with Gasteiger partial charge in [0.1, 0.15) is 0 Å². The Labute approximate surface area is 93.7 Å². The number of aryl methyl sites for hydroxylation is 2. The third kappa shape index (κ3) is 1.67. The van der Waals surface area contributed by atoms with Crippen LogP contribution in [0, 0.1) is 0 Å². The molecule has 2 aromatic heterocycles. The van der Waals surface area contributed by atoms with Crippen molar-refractivity contribution in [2.75, 3.05) is 0 Å². The second-order valence-electron chi connectivity index (χ2n) is 3.82. The lowest BCUT2D eigenvalue weighted by molar-refractivity contribution is 0.0725. The van der Waals surface area contributed by atoms with Crippen LogP contribution in [-0.2, 0) is 14.1 Å². The number of aromatic nitrogens is 2. The highest BCUT2D eigenvalue weighted by Gasteiger charge is 2.22. The van der Waals surface area contributed by atoms with Crippen molar-refractivity contribution in [2.45, 2.75) is 6.10 Å². The van der Waals surface area contributed by atoms with Gasteiger partial charge in [-0.1, -0.05) is 0 Å². The molecule has 0 saturated heterocycles. The van der Waals surface area contributed by atoms with Gasteiger partial charge >= 0.3 is 0 Å². The molecule has 2 rings (SSSR count). The maximum absolute atomic E-state index is 12.0. The molecule has 0 spiro atoms. The van der Waals surface area contributed by atoms with Crippen molar-refractivity contribution in [3.8, 4) is 0 Å². The zero-order valence-corrected chi connectivity index (χ0v) is 9.29. The van der Waals surface area contributed by atoms with Crippen LogP contribution >= 0.6 is 0 Å². The highest BCUT2D eigenvalue weighted by molar-refractivity contribution is 5.98. The van der Waals surface area contributed by atoms with Gasteiger partial charge < -0.3 is 14.2 Å². The summed E-state index contributed by atoms with van der Waals surface area (Å²) < 4.78 is 3.44. The maximum atomic E-state index is 12.0. The molecule has 0 aromatic carbocycles. The SMILES string of the molecule is Cn1cccc1C(=O)C(O)c1cccn1C. The van der Waals surface area contributed by atoms with E-state index in [4.69, 9.17) is 0 Å². The minimum atomic E-state index is -1.10. The zero-order valence-electron chi connectivity index (χ0n) is 9.29. The molecular weight excluding hydrogens is 204 g/mol. The first kappa shape index (κ1) is 10.7. The molecule has 1 unspecified atom stereocenters. The minimum Gasteiger partial charge on any atom is -0.379 e. The number of carbonyl (C=O) groups is 1. The molecule has 0 saturated carbocycles. The third-order valence-electron chi connectivity index (χ3n) is 2.71. The third-order valence-corrected chi connectivity index (χ3v) is 2.71. The predicted molar refractivity (Wildman–Crippen MR) is 60.1 cm³/mol. The van der Waals surface area contributed by atoms with Gasteiger partial charge in [0, 0.05) is 26.5 Å². The Balaban J connectivity index is 2.30. The summed E-state index contributed by atoms with van der Waals surface area (Å²) in [5.41, 5.74) is 1.11. The van der Waals surface area contributed by atoms with Gasteiger partial charge in [-0.15, -0.1) is 0 Å². The Morgan fingerprint density at radius 3 is 2.31 bits per heavy atom. The van der Waals surface area contributed by atoms with E-state index < -0.39 is 6.10 Å². The van der Waals surface area contributed by atoms with Gasteiger partial charge in [-0.2, -0.15) is 0 Å². The van der Waals surface area contributed by atoms with Crippen molar-refractivity contribution in [2.24, 2.45) is 14.1 Å². The van der Waals surface area contributed by atoms with Crippen molar-refractivity contribution in [3.05, 3.63) is 48.0 Å². The largest absolute Gasteiger partial charge is 0.379 e. The Kier molecular flexibility index (Phi) is 2.66. The van der Waals surface area contributed by atoms with Crippen molar-refractivity contribution in [1.29, 1.82) is 0 Å². The van der Waals surface area contributed by atoms with Gasteiger partial charge in [0.15, 0.2) is 6.10 Å². The van der Waals surface area contributed by atoms with E-state index in [1.807, 2.05) is 0 Å². The summed E-state index contributed by atoms with van der Waals surface area (Å²) >= 11 is 0. The standard InChI is InChI=1S/C12H14N2O2/c1-13-7-3-5-9(13)11(15)12(16)10-6-4-8-14(10)2/h3-8,11,15H,1-2H3. The van der Waals surface area contributed by atoms with E-state index in [9.17, 15) is 9.90 Å². The fourth-order valence-corrected chi connectivity index (χ4v) is 1.75. The molecule has 1 atom stereocenters. The molecule has 2 heterocycles. The van der Waals surface area contributed by atoms with Crippen molar-refractivity contribution in [1.82, 2.24) is 9.13 Å². The lowest BCUT2D eigenvalue weighted by Gasteiger charge is -2.11. The zero-order chi connectivity index (χ0) is 11.7. The number of carbonyl (C=O) groups excluding carboxylic acids is 1. The van der Waals surface area contributed by atoms with Crippen LogP contribution in [0.4, 0.5) is 0 Å². The quantitative estimate of drug-likeness (QED) is 0.789. The highest BCUT2D eigenvalue weighted by atomic mass is 16.3. The lowest BCUT2D eigenvalue weighted by Crippen LogP contribution is -2.17. The van der Waals surface area contributed by atoms with E-state index in [0.29, 0.717) is 11.4 Å². The van der Waals surface area contributed by atoms with E-state index in [1.54, 1.807) is 59.9 Å². The van der Waals surface area contributed by atoms with Gasteiger partial charge in [0.25, 0.3) is 0 Å². The molecule has 4 heteroatoms. The molecule has 0 fully saturated rings. The number of hydrogen-bond donors (Lipinski definition) is 1. The molecule has 0 aliphatic rings. The van der Waals surface area contributed by atoms with Gasteiger partial charge in [-0.25, -0.2) is 0 Å². The van der Waals surface area contributed by atoms with Crippen LogP contribution in [0.2, 0.25) is 0 Å². The van der Waals surface area contributed by atoms with E-state index >= 15 is 0 Å². The van der Waals surface area contributed by atoms with E-state index in [-0.39, 0.29) is 5.78 Å². The topological polar surface area (TPSA) is 47.2 Å². The van der Waals surface area contributed by atoms with Crippen LogP contribution in [0.5, 0.6) is 0 Å². The number of aliphatic hydroxyl groups is 1. The van der Waals surface area contributed by atoms with Crippen molar-refractivity contribution in [3.63, 3.8) is 0 Å². The highest BCUT2D eigenvalue weighted by Crippen LogP contribution is 2.18. The number of rotatable bonds is 3. The Hall–Kier alpha value is -1.81. The summed E-state index contributed by atoms with van der Waals surface area (Å²) in [5, 5.41) is 9.97. The molecule has 16 heavy (non-hydrogen) atoms. The van der Waals surface area contributed by atoms with Gasteiger partial charge in [0.05, 0.1) is 11.4 Å². The molecule has 0 aliphatic heterocycles. The molecule has 0 amide bonds. The average Bonchev–Trinajstić information content (AvgIpc) is 2.85. The molecule has 84 valence electrons. The average molecular weight is 218 g/mol. The summed E-state index contributed by atoms with van der Waals surface area (Å²) in [6.45, 7) is 0. The number of Topliss-reactive ketones (excluding diaryl/α,β-unsaturated/α-hetero) is 1. The number of hydrogen-bond acceptors (Lipinski definition) is 2.